The largest absolute Gasteiger partial charge is 0.343 e. The fourth-order valence-corrected chi connectivity index (χ4v) is 4.61. The van der Waals surface area contributed by atoms with Crippen molar-refractivity contribution >= 4 is 28.3 Å². The molecule has 1 N–H and O–H groups in total. The predicted octanol–water partition coefficient (Wildman–Crippen LogP) is 3.71. The van der Waals surface area contributed by atoms with E-state index >= 15 is 0 Å². The van der Waals surface area contributed by atoms with Crippen molar-refractivity contribution in [1.29, 1.82) is 0 Å². The van der Waals surface area contributed by atoms with Gasteiger partial charge in [-0.1, -0.05) is 43.4 Å². The van der Waals surface area contributed by atoms with Crippen LogP contribution < -0.4 is 5.32 Å². The van der Waals surface area contributed by atoms with Crippen molar-refractivity contribution in [2.45, 2.75) is 76.5 Å². The number of anilines is 1. The molecule has 0 atom stereocenters. The van der Waals surface area contributed by atoms with E-state index < -0.39 is 0 Å². The van der Waals surface area contributed by atoms with Gasteiger partial charge in [-0.05, 0) is 25.7 Å². The van der Waals surface area contributed by atoms with Crippen molar-refractivity contribution in [3.63, 3.8) is 0 Å². The number of amides is 2. The topological polar surface area (TPSA) is 75.2 Å². The SMILES string of the molecule is O=C(CCC(=O)N1CCCCCC1)Nc1nnc(C2CCCCC2)s1. The maximum Gasteiger partial charge on any atom is 0.226 e. The highest BCUT2D eigenvalue weighted by Crippen LogP contribution is 2.35. The Balaban J connectivity index is 1.43. The number of nitrogens with one attached hydrogen (secondary N) is 1. The Morgan fingerprint density at radius 2 is 1.64 bits per heavy atom. The van der Waals surface area contributed by atoms with Crippen LogP contribution in [0.5, 0.6) is 0 Å². The van der Waals surface area contributed by atoms with Crippen LogP contribution in [-0.4, -0.2) is 40.0 Å². The van der Waals surface area contributed by atoms with E-state index in [4.69, 9.17) is 0 Å². The highest BCUT2D eigenvalue weighted by Gasteiger charge is 2.21. The monoisotopic (exact) mass is 364 g/mol. The Bertz CT molecular complexity index is 575. The Kier molecular flexibility index (Phi) is 6.78. The van der Waals surface area contributed by atoms with E-state index in [1.165, 1.54) is 56.3 Å². The van der Waals surface area contributed by atoms with Gasteiger partial charge < -0.3 is 10.2 Å². The first-order valence-corrected chi connectivity index (χ1v) is 10.4. The van der Waals surface area contributed by atoms with Crippen LogP contribution in [0.15, 0.2) is 0 Å². The van der Waals surface area contributed by atoms with Gasteiger partial charge in [-0.15, -0.1) is 10.2 Å². The number of likely N-dealkylation sites (tertiary alicyclic amines) is 1. The standard InChI is InChI=1S/C18H28N4O2S/c23-15(10-11-16(24)22-12-6-1-2-7-13-22)19-18-21-20-17(25-18)14-8-4-3-5-9-14/h14H,1-13H2,(H,19,21,23). The molecular formula is C18H28N4O2S. The van der Waals surface area contributed by atoms with Gasteiger partial charge in [-0.25, -0.2) is 0 Å². The van der Waals surface area contributed by atoms with Gasteiger partial charge in [0.2, 0.25) is 16.9 Å². The zero-order valence-corrected chi connectivity index (χ0v) is 15.7. The second kappa shape index (κ2) is 9.27. The summed E-state index contributed by atoms with van der Waals surface area (Å²) in [5.41, 5.74) is 0. The molecule has 0 aromatic carbocycles. The average Bonchev–Trinajstić information content (AvgIpc) is 2.92. The summed E-state index contributed by atoms with van der Waals surface area (Å²) in [4.78, 5) is 26.3. The molecule has 1 aliphatic carbocycles. The van der Waals surface area contributed by atoms with Gasteiger partial charge in [-0.2, -0.15) is 0 Å². The normalized spacial score (nSPS) is 19.4. The quantitative estimate of drug-likeness (QED) is 0.864. The second-order valence-corrected chi connectivity index (χ2v) is 8.13. The van der Waals surface area contributed by atoms with Gasteiger partial charge in [0, 0.05) is 31.8 Å². The van der Waals surface area contributed by atoms with E-state index in [1.54, 1.807) is 0 Å². The second-order valence-electron chi connectivity index (χ2n) is 7.12. The molecule has 2 fully saturated rings. The third kappa shape index (κ3) is 5.49. The van der Waals surface area contributed by atoms with Gasteiger partial charge in [0.25, 0.3) is 0 Å². The lowest BCUT2D eigenvalue weighted by Gasteiger charge is -2.19. The highest BCUT2D eigenvalue weighted by atomic mass is 32.1. The minimum absolute atomic E-state index is 0.0946. The smallest absolute Gasteiger partial charge is 0.226 e. The summed E-state index contributed by atoms with van der Waals surface area (Å²) < 4.78 is 0. The van der Waals surface area contributed by atoms with Gasteiger partial charge in [-0.3, -0.25) is 9.59 Å². The van der Waals surface area contributed by atoms with Crippen LogP contribution in [0.2, 0.25) is 0 Å². The third-order valence-corrected chi connectivity index (χ3v) is 6.17. The maximum atomic E-state index is 12.2. The van der Waals surface area contributed by atoms with E-state index in [-0.39, 0.29) is 24.7 Å². The van der Waals surface area contributed by atoms with Crippen molar-refractivity contribution in [2.24, 2.45) is 0 Å². The van der Waals surface area contributed by atoms with Crippen molar-refractivity contribution in [3.8, 4) is 0 Å². The van der Waals surface area contributed by atoms with Crippen LogP contribution in [0.3, 0.4) is 0 Å². The molecule has 0 spiro atoms. The zero-order valence-electron chi connectivity index (χ0n) is 14.8. The average molecular weight is 365 g/mol. The fourth-order valence-electron chi connectivity index (χ4n) is 3.68. The molecule has 1 aromatic rings. The Hall–Kier alpha value is -1.50. The summed E-state index contributed by atoms with van der Waals surface area (Å²) in [6.07, 6.45) is 11.2. The summed E-state index contributed by atoms with van der Waals surface area (Å²) in [5.74, 6) is 0.452. The summed E-state index contributed by atoms with van der Waals surface area (Å²) in [5, 5.41) is 12.8. The van der Waals surface area contributed by atoms with E-state index in [0.29, 0.717) is 11.0 Å². The van der Waals surface area contributed by atoms with Crippen molar-refractivity contribution < 1.29 is 9.59 Å². The Morgan fingerprint density at radius 3 is 2.36 bits per heavy atom. The molecular weight excluding hydrogens is 336 g/mol. The summed E-state index contributed by atoms with van der Waals surface area (Å²) in [7, 11) is 0. The lowest BCUT2D eigenvalue weighted by Crippen LogP contribution is -2.32. The first-order chi connectivity index (χ1) is 12.2. The van der Waals surface area contributed by atoms with E-state index in [0.717, 1.165) is 30.9 Å². The van der Waals surface area contributed by atoms with Crippen LogP contribution in [0.4, 0.5) is 5.13 Å². The van der Waals surface area contributed by atoms with Gasteiger partial charge in [0.05, 0.1) is 0 Å². The molecule has 2 heterocycles. The number of carbonyl (C=O) groups is 2. The minimum Gasteiger partial charge on any atom is -0.343 e. The van der Waals surface area contributed by atoms with Crippen molar-refractivity contribution in [2.75, 3.05) is 18.4 Å². The number of hydrogen-bond donors (Lipinski definition) is 1. The number of aromatic nitrogens is 2. The fraction of sp³-hybridized carbons (Fsp3) is 0.778. The predicted molar refractivity (Wildman–Crippen MR) is 98.6 cm³/mol. The molecule has 0 bridgehead atoms. The van der Waals surface area contributed by atoms with Gasteiger partial charge >= 0.3 is 0 Å². The number of hydrogen-bond acceptors (Lipinski definition) is 5. The molecule has 25 heavy (non-hydrogen) atoms. The summed E-state index contributed by atoms with van der Waals surface area (Å²) >= 11 is 1.48. The van der Waals surface area contributed by atoms with Crippen LogP contribution in [0.25, 0.3) is 0 Å². The molecule has 0 radical (unpaired) electrons. The van der Waals surface area contributed by atoms with Gasteiger partial charge in [0.15, 0.2) is 0 Å². The van der Waals surface area contributed by atoms with Crippen LogP contribution in [0.1, 0.15) is 81.6 Å². The number of rotatable bonds is 5. The molecule has 3 rings (SSSR count). The first kappa shape index (κ1) is 18.3. The van der Waals surface area contributed by atoms with Crippen molar-refractivity contribution in [1.82, 2.24) is 15.1 Å². The molecule has 1 aromatic heterocycles. The molecule has 0 unspecified atom stereocenters. The third-order valence-electron chi connectivity index (χ3n) is 5.17. The van der Waals surface area contributed by atoms with E-state index in [2.05, 4.69) is 15.5 Å². The number of carbonyl (C=O) groups excluding carboxylic acids is 2. The molecule has 2 aliphatic rings. The minimum atomic E-state index is -0.144. The van der Waals surface area contributed by atoms with Crippen LogP contribution >= 0.6 is 11.3 Å². The first-order valence-electron chi connectivity index (χ1n) is 9.63. The molecule has 1 saturated carbocycles. The number of nitrogens with zero attached hydrogens (tertiary/aromatic N) is 3. The van der Waals surface area contributed by atoms with E-state index in [1.807, 2.05) is 4.90 Å². The summed E-state index contributed by atoms with van der Waals surface area (Å²) in [6, 6.07) is 0. The van der Waals surface area contributed by atoms with Crippen LogP contribution in [-0.2, 0) is 9.59 Å². The summed E-state index contributed by atoms with van der Waals surface area (Å²) in [6.45, 7) is 1.67. The molecule has 1 aliphatic heterocycles. The van der Waals surface area contributed by atoms with E-state index in [9.17, 15) is 9.59 Å². The lowest BCUT2D eigenvalue weighted by atomic mass is 9.90. The Morgan fingerprint density at radius 1 is 0.960 bits per heavy atom. The Labute approximate surface area is 153 Å². The van der Waals surface area contributed by atoms with Crippen LogP contribution in [0, 0.1) is 0 Å². The van der Waals surface area contributed by atoms with Gasteiger partial charge in [0.1, 0.15) is 5.01 Å². The molecule has 6 nitrogen and oxygen atoms in total. The maximum absolute atomic E-state index is 12.2. The highest BCUT2D eigenvalue weighted by molar-refractivity contribution is 7.15. The molecule has 2 amide bonds. The molecule has 1 saturated heterocycles. The van der Waals surface area contributed by atoms with Crippen molar-refractivity contribution in [3.05, 3.63) is 5.01 Å². The molecule has 7 heteroatoms. The zero-order chi connectivity index (χ0) is 17.5. The lowest BCUT2D eigenvalue weighted by molar-refractivity contribution is -0.132. The molecule has 138 valence electrons.